The Balaban J connectivity index is 1.20. The minimum atomic E-state index is -3.77. The lowest BCUT2D eigenvalue weighted by Gasteiger charge is -2.35. The molecule has 0 amide bonds. The third-order valence-corrected chi connectivity index (χ3v) is 8.05. The van der Waals surface area contributed by atoms with Crippen molar-refractivity contribution in [2.75, 3.05) is 22.7 Å². The van der Waals surface area contributed by atoms with Gasteiger partial charge in [-0.2, -0.15) is 0 Å². The maximum absolute atomic E-state index is 13.1. The number of rotatable bonds is 6. The van der Waals surface area contributed by atoms with Crippen LogP contribution in [0.4, 0.5) is 15.8 Å². The van der Waals surface area contributed by atoms with E-state index in [1.807, 2.05) is 18.2 Å². The Morgan fingerprint density at radius 2 is 1.64 bits per heavy atom. The van der Waals surface area contributed by atoms with Gasteiger partial charge in [-0.25, -0.2) is 12.8 Å². The van der Waals surface area contributed by atoms with Gasteiger partial charge in [0.25, 0.3) is 10.0 Å². The van der Waals surface area contributed by atoms with Gasteiger partial charge >= 0.3 is 0 Å². The molecule has 5 nitrogen and oxygen atoms in total. The quantitative estimate of drug-likeness (QED) is 0.545. The molecule has 1 unspecified atom stereocenters. The summed E-state index contributed by atoms with van der Waals surface area (Å²) in [5, 5.41) is 3.87. The molecule has 1 fully saturated rings. The molecule has 0 radical (unpaired) electrons. The van der Waals surface area contributed by atoms with Crippen LogP contribution in [0.15, 0.2) is 77.7 Å². The predicted octanol–water partition coefficient (Wildman–Crippen LogP) is 4.87. The zero-order valence-electron chi connectivity index (χ0n) is 18.4. The summed E-state index contributed by atoms with van der Waals surface area (Å²) >= 11 is 0. The molecule has 1 aliphatic heterocycles. The summed E-state index contributed by atoms with van der Waals surface area (Å²) in [4.78, 5) is 2.34. The van der Waals surface area contributed by atoms with E-state index in [-0.39, 0.29) is 4.90 Å². The van der Waals surface area contributed by atoms with Crippen molar-refractivity contribution in [1.29, 1.82) is 0 Å². The number of nitrogens with one attached hydrogen (secondary N) is 2. The molecular weight excluding hydrogens is 437 g/mol. The van der Waals surface area contributed by atoms with Gasteiger partial charge in [0, 0.05) is 30.9 Å². The van der Waals surface area contributed by atoms with E-state index in [1.54, 1.807) is 6.07 Å². The van der Waals surface area contributed by atoms with Crippen molar-refractivity contribution in [2.45, 2.75) is 42.7 Å². The number of hydrogen-bond acceptors (Lipinski definition) is 4. The standard InChI is InChI=1S/C26H28FN3O2S/c27-20-9-11-24(12-10-20)33(31,32)29-22-5-3-6-23(18-22)30-16-14-21(15-17-30)28-26-13-8-19-4-1-2-7-25(19)26/h1-7,9-12,18,21,26,28-29H,8,13-17H2. The lowest BCUT2D eigenvalue weighted by molar-refractivity contribution is 0.368. The SMILES string of the molecule is O=S(=O)(Nc1cccc(N2CCC(NC3CCc4ccccc43)CC2)c1)c1ccc(F)cc1. The van der Waals surface area contributed by atoms with Gasteiger partial charge in [-0.1, -0.05) is 30.3 Å². The Morgan fingerprint density at radius 3 is 2.42 bits per heavy atom. The molecule has 172 valence electrons. The van der Waals surface area contributed by atoms with Crippen LogP contribution in [0.1, 0.15) is 36.4 Å². The summed E-state index contributed by atoms with van der Waals surface area (Å²) in [5.74, 6) is -0.467. The van der Waals surface area contributed by atoms with E-state index >= 15 is 0 Å². The highest BCUT2D eigenvalue weighted by Gasteiger charge is 2.27. The maximum Gasteiger partial charge on any atom is 0.261 e. The average molecular weight is 466 g/mol. The predicted molar refractivity (Wildman–Crippen MR) is 130 cm³/mol. The zero-order chi connectivity index (χ0) is 22.8. The lowest BCUT2D eigenvalue weighted by atomic mass is 10.0. The molecule has 3 aromatic rings. The van der Waals surface area contributed by atoms with Crippen molar-refractivity contribution < 1.29 is 12.8 Å². The monoisotopic (exact) mass is 465 g/mol. The molecule has 2 N–H and O–H groups in total. The third kappa shape index (κ3) is 4.89. The fourth-order valence-electron chi connectivity index (χ4n) is 4.91. The Hall–Kier alpha value is -2.90. The summed E-state index contributed by atoms with van der Waals surface area (Å²) < 4.78 is 41.0. The van der Waals surface area contributed by atoms with E-state index in [1.165, 1.54) is 23.3 Å². The van der Waals surface area contributed by atoms with Crippen LogP contribution in [0.3, 0.4) is 0 Å². The fourth-order valence-corrected chi connectivity index (χ4v) is 5.96. The molecule has 0 spiro atoms. The smallest absolute Gasteiger partial charge is 0.261 e. The van der Waals surface area contributed by atoms with E-state index in [9.17, 15) is 12.8 Å². The van der Waals surface area contributed by atoms with Crippen molar-refractivity contribution in [3.8, 4) is 0 Å². The van der Waals surface area contributed by atoms with Crippen molar-refractivity contribution in [3.05, 3.63) is 89.7 Å². The molecular formula is C26H28FN3O2S. The van der Waals surface area contributed by atoms with Gasteiger partial charge in [0.15, 0.2) is 0 Å². The first kappa shape index (κ1) is 21.9. The third-order valence-electron chi connectivity index (χ3n) is 6.65. The average Bonchev–Trinajstić information content (AvgIpc) is 3.23. The van der Waals surface area contributed by atoms with Gasteiger partial charge in [-0.05, 0) is 79.3 Å². The van der Waals surface area contributed by atoms with Gasteiger partial charge in [0.2, 0.25) is 0 Å². The second-order valence-electron chi connectivity index (χ2n) is 8.83. The molecule has 1 heterocycles. The van der Waals surface area contributed by atoms with Crippen LogP contribution in [0.25, 0.3) is 0 Å². The first-order chi connectivity index (χ1) is 16.0. The molecule has 1 aliphatic carbocycles. The molecule has 33 heavy (non-hydrogen) atoms. The van der Waals surface area contributed by atoms with Crippen LogP contribution in [0, 0.1) is 5.82 Å². The highest BCUT2D eigenvalue weighted by Crippen LogP contribution is 2.32. The minimum absolute atomic E-state index is 0.0367. The largest absolute Gasteiger partial charge is 0.371 e. The highest BCUT2D eigenvalue weighted by atomic mass is 32.2. The van der Waals surface area contributed by atoms with E-state index in [2.05, 4.69) is 39.2 Å². The van der Waals surface area contributed by atoms with Crippen molar-refractivity contribution in [2.24, 2.45) is 0 Å². The van der Waals surface area contributed by atoms with E-state index in [4.69, 9.17) is 0 Å². The van der Waals surface area contributed by atoms with E-state index in [0.717, 1.165) is 56.6 Å². The zero-order valence-corrected chi connectivity index (χ0v) is 19.2. The number of anilines is 2. The van der Waals surface area contributed by atoms with Gasteiger partial charge < -0.3 is 10.2 Å². The first-order valence-electron chi connectivity index (χ1n) is 11.5. The molecule has 1 atom stereocenters. The van der Waals surface area contributed by atoms with Crippen LogP contribution >= 0.6 is 0 Å². The van der Waals surface area contributed by atoms with E-state index in [0.29, 0.717) is 17.8 Å². The minimum Gasteiger partial charge on any atom is -0.371 e. The topological polar surface area (TPSA) is 61.4 Å². The van der Waals surface area contributed by atoms with Crippen LogP contribution in [0.5, 0.6) is 0 Å². The van der Waals surface area contributed by atoms with Crippen LogP contribution in [-0.2, 0) is 16.4 Å². The summed E-state index contributed by atoms with van der Waals surface area (Å²) in [6.07, 6.45) is 4.40. The number of sulfonamides is 1. The number of benzene rings is 3. The number of fused-ring (bicyclic) bond motifs is 1. The van der Waals surface area contributed by atoms with Crippen molar-refractivity contribution >= 4 is 21.4 Å². The summed E-state index contributed by atoms with van der Waals surface area (Å²) in [7, 11) is -3.77. The molecule has 1 saturated heterocycles. The highest BCUT2D eigenvalue weighted by molar-refractivity contribution is 7.92. The summed E-state index contributed by atoms with van der Waals surface area (Å²) in [5.41, 5.74) is 4.41. The molecule has 7 heteroatoms. The molecule has 0 aromatic heterocycles. The van der Waals surface area contributed by atoms with Crippen LogP contribution < -0.4 is 14.9 Å². The second-order valence-corrected chi connectivity index (χ2v) is 10.5. The number of halogens is 1. The normalized spacial score (nSPS) is 18.8. The van der Waals surface area contributed by atoms with Crippen LogP contribution in [0.2, 0.25) is 0 Å². The second kappa shape index (κ2) is 9.15. The molecule has 2 aliphatic rings. The Bertz CT molecular complexity index is 1220. The van der Waals surface area contributed by atoms with Crippen molar-refractivity contribution in [1.82, 2.24) is 5.32 Å². The van der Waals surface area contributed by atoms with E-state index < -0.39 is 15.8 Å². The van der Waals surface area contributed by atoms with Gasteiger partial charge in [0.05, 0.1) is 10.6 Å². The Morgan fingerprint density at radius 1 is 0.879 bits per heavy atom. The molecule has 0 bridgehead atoms. The Labute approximate surface area is 194 Å². The van der Waals surface area contributed by atoms with Gasteiger partial charge in [0.1, 0.15) is 5.82 Å². The fraction of sp³-hybridized carbons (Fsp3) is 0.308. The number of piperidine rings is 1. The summed E-state index contributed by atoms with van der Waals surface area (Å²) in [6, 6.07) is 21.9. The molecule has 0 saturated carbocycles. The Kier molecular flexibility index (Phi) is 6.08. The van der Waals surface area contributed by atoms with Gasteiger partial charge in [-0.15, -0.1) is 0 Å². The molecule has 5 rings (SSSR count). The first-order valence-corrected chi connectivity index (χ1v) is 12.9. The van der Waals surface area contributed by atoms with Crippen LogP contribution in [-0.4, -0.2) is 27.5 Å². The lowest BCUT2D eigenvalue weighted by Crippen LogP contribution is -2.43. The summed E-state index contributed by atoms with van der Waals surface area (Å²) in [6.45, 7) is 1.83. The molecule has 3 aromatic carbocycles. The van der Waals surface area contributed by atoms with Gasteiger partial charge in [-0.3, -0.25) is 4.72 Å². The number of hydrogen-bond donors (Lipinski definition) is 2. The number of nitrogens with zero attached hydrogens (tertiary/aromatic N) is 1. The van der Waals surface area contributed by atoms with Crippen molar-refractivity contribution in [3.63, 3.8) is 0 Å². The maximum atomic E-state index is 13.1. The number of aryl methyl sites for hydroxylation is 1.